The highest BCUT2D eigenvalue weighted by Gasteiger charge is 2.17. The molecule has 1 N–H and O–H groups in total. The first kappa shape index (κ1) is 19.1. The number of carbonyl (C=O) groups is 3. The summed E-state index contributed by atoms with van der Waals surface area (Å²) < 4.78 is 4.85. The van der Waals surface area contributed by atoms with Gasteiger partial charge in [0.1, 0.15) is 0 Å². The maximum atomic E-state index is 12.0. The normalized spacial score (nSPS) is 10.1. The van der Waals surface area contributed by atoms with Gasteiger partial charge in [-0.25, -0.2) is 4.79 Å². The third-order valence-electron chi connectivity index (χ3n) is 3.30. The molecule has 0 radical (unpaired) electrons. The Kier molecular flexibility index (Phi) is 6.03. The molecule has 1 amide bonds. The van der Waals surface area contributed by atoms with E-state index < -0.39 is 23.4 Å². The lowest BCUT2D eigenvalue weighted by Gasteiger charge is -2.10. The quantitative estimate of drug-likeness (QED) is 0.358. The summed E-state index contributed by atoms with van der Waals surface area (Å²) in [5.74, 6) is -1.78. The molecule has 0 bridgehead atoms. The standard InChI is InChI=1S/C17H13ClN2O6/c1-10(21)12-4-2-3-5-15(12)19-16(22)9-26-17(23)13-7-6-11(20(24)25)8-14(13)18/h2-8H,9H2,1H3,(H,19,22). The zero-order valence-electron chi connectivity index (χ0n) is 13.5. The number of anilines is 1. The molecule has 9 heteroatoms. The number of non-ortho nitro benzene ring substituents is 1. The Balaban J connectivity index is 2.01. The van der Waals surface area contributed by atoms with Crippen molar-refractivity contribution in [3.8, 4) is 0 Å². The van der Waals surface area contributed by atoms with Crippen LogP contribution in [0.1, 0.15) is 27.6 Å². The minimum atomic E-state index is -0.903. The molecule has 0 heterocycles. The van der Waals surface area contributed by atoms with Crippen LogP contribution in [-0.2, 0) is 9.53 Å². The summed E-state index contributed by atoms with van der Waals surface area (Å²) in [6.07, 6.45) is 0. The van der Waals surface area contributed by atoms with Crippen LogP contribution >= 0.6 is 11.6 Å². The fourth-order valence-electron chi connectivity index (χ4n) is 2.08. The van der Waals surface area contributed by atoms with E-state index >= 15 is 0 Å². The minimum absolute atomic E-state index is 0.103. The molecule has 2 aromatic rings. The third kappa shape index (κ3) is 4.64. The fraction of sp³-hybridized carbons (Fsp3) is 0.118. The SMILES string of the molecule is CC(=O)c1ccccc1NC(=O)COC(=O)c1ccc([N+](=O)[O-])cc1Cl. The highest BCUT2D eigenvalue weighted by molar-refractivity contribution is 6.33. The Hall–Kier alpha value is -3.26. The number of benzene rings is 2. The smallest absolute Gasteiger partial charge is 0.340 e. The summed E-state index contributed by atoms with van der Waals surface area (Å²) in [5, 5.41) is 13.0. The van der Waals surface area contributed by atoms with Crippen LogP contribution in [0.3, 0.4) is 0 Å². The number of nitro benzene ring substituents is 1. The van der Waals surface area contributed by atoms with E-state index in [4.69, 9.17) is 16.3 Å². The molecule has 0 aliphatic heterocycles. The number of rotatable bonds is 6. The van der Waals surface area contributed by atoms with Crippen molar-refractivity contribution in [1.29, 1.82) is 0 Å². The van der Waals surface area contributed by atoms with Crippen LogP contribution in [0.2, 0.25) is 5.02 Å². The molecule has 0 saturated heterocycles. The van der Waals surface area contributed by atoms with Gasteiger partial charge in [0.05, 0.1) is 21.2 Å². The Morgan fingerprint density at radius 3 is 2.46 bits per heavy atom. The molecule has 134 valence electrons. The predicted molar refractivity (Wildman–Crippen MR) is 93.5 cm³/mol. The number of halogens is 1. The van der Waals surface area contributed by atoms with Crippen molar-refractivity contribution in [2.24, 2.45) is 0 Å². The highest BCUT2D eigenvalue weighted by Crippen LogP contribution is 2.23. The van der Waals surface area contributed by atoms with Crippen molar-refractivity contribution in [2.75, 3.05) is 11.9 Å². The number of nitrogens with zero attached hydrogens (tertiary/aromatic N) is 1. The first-order chi connectivity index (χ1) is 12.3. The summed E-state index contributed by atoms with van der Waals surface area (Å²) in [5.41, 5.74) is 0.249. The molecule has 2 rings (SSSR count). The average molecular weight is 377 g/mol. The molecule has 0 saturated carbocycles. The molecule has 26 heavy (non-hydrogen) atoms. The maximum Gasteiger partial charge on any atom is 0.340 e. The van der Waals surface area contributed by atoms with Gasteiger partial charge in [0.2, 0.25) is 0 Å². The van der Waals surface area contributed by atoms with Crippen LogP contribution in [0.15, 0.2) is 42.5 Å². The van der Waals surface area contributed by atoms with E-state index in [2.05, 4.69) is 5.32 Å². The minimum Gasteiger partial charge on any atom is -0.452 e. The fourth-order valence-corrected chi connectivity index (χ4v) is 2.33. The van der Waals surface area contributed by atoms with Crippen LogP contribution in [0.25, 0.3) is 0 Å². The number of hydrogen-bond acceptors (Lipinski definition) is 6. The van der Waals surface area contributed by atoms with Gasteiger partial charge in [0.25, 0.3) is 11.6 Å². The zero-order chi connectivity index (χ0) is 19.3. The van der Waals surface area contributed by atoms with Crippen LogP contribution in [0.4, 0.5) is 11.4 Å². The number of esters is 1. The topological polar surface area (TPSA) is 116 Å². The first-order valence-corrected chi connectivity index (χ1v) is 7.68. The highest BCUT2D eigenvalue weighted by atomic mass is 35.5. The number of Topliss-reactive ketones (excluding diaryl/α,β-unsaturated/α-hetero) is 1. The van der Waals surface area contributed by atoms with Crippen LogP contribution in [0.5, 0.6) is 0 Å². The zero-order valence-corrected chi connectivity index (χ0v) is 14.3. The third-order valence-corrected chi connectivity index (χ3v) is 3.61. The van der Waals surface area contributed by atoms with Gasteiger partial charge in [-0.15, -0.1) is 0 Å². The second-order valence-electron chi connectivity index (χ2n) is 5.15. The Morgan fingerprint density at radius 1 is 1.15 bits per heavy atom. The number of nitro groups is 1. The van der Waals surface area contributed by atoms with Gasteiger partial charge in [-0.05, 0) is 25.1 Å². The first-order valence-electron chi connectivity index (χ1n) is 7.30. The van der Waals surface area contributed by atoms with Gasteiger partial charge in [-0.2, -0.15) is 0 Å². The number of ketones is 1. The van der Waals surface area contributed by atoms with Crippen LogP contribution < -0.4 is 5.32 Å². The number of carbonyl (C=O) groups excluding carboxylic acids is 3. The van der Waals surface area contributed by atoms with Gasteiger partial charge in [0, 0.05) is 17.7 Å². The van der Waals surface area contributed by atoms with Gasteiger partial charge in [0.15, 0.2) is 12.4 Å². The second kappa shape index (κ2) is 8.21. The van der Waals surface area contributed by atoms with Crippen molar-refractivity contribution in [3.05, 3.63) is 68.7 Å². The Bertz CT molecular complexity index is 897. The molecule has 8 nitrogen and oxygen atoms in total. The summed E-state index contributed by atoms with van der Waals surface area (Å²) >= 11 is 5.83. The number of hydrogen-bond donors (Lipinski definition) is 1. The summed E-state index contributed by atoms with van der Waals surface area (Å²) in [6.45, 7) is 0.750. The maximum absolute atomic E-state index is 12.0. The molecule has 0 aliphatic rings. The lowest BCUT2D eigenvalue weighted by Crippen LogP contribution is -2.22. The van der Waals surface area contributed by atoms with Crippen molar-refractivity contribution in [3.63, 3.8) is 0 Å². The van der Waals surface area contributed by atoms with E-state index in [9.17, 15) is 24.5 Å². The molecular weight excluding hydrogens is 364 g/mol. The Labute approximate surface area is 152 Å². The molecule has 0 aromatic heterocycles. The number of ether oxygens (including phenoxy) is 1. The van der Waals surface area contributed by atoms with E-state index in [0.717, 1.165) is 18.2 Å². The van der Waals surface area contributed by atoms with Gasteiger partial charge in [-0.3, -0.25) is 19.7 Å². The van der Waals surface area contributed by atoms with Crippen molar-refractivity contribution >= 4 is 40.6 Å². The molecular formula is C17H13ClN2O6. The Morgan fingerprint density at radius 2 is 1.85 bits per heavy atom. The van der Waals surface area contributed by atoms with Crippen molar-refractivity contribution in [2.45, 2.75) is 6.92 Å². The molecule has 0 unspecified atom stereocenters. The van der Waals surface area contributed by atoms with Gasteiger partial charge >= 0.3 is 5.97 Å². The van der Waals surface area contributed by atoms with Gasteiger partial charge in [-0.1, -0.05) is 23.7 Å². The number of para-hydroxylation sites is 1. The summed E-state index contributed by atoms with van der Waals surface area (Å²) in [4.78, 5) is 45.4. The van der Waals surface area contributed by atoms with E-state index in [1.807, 2.05) is 0 Å². The molecule has 0 atom stereocenters. The number of amides is 1. The lowest BCUT2D eigenvalue weighted by molar-refractivity contribution is -0.384. The predicted octanol–water partition coefficient (Wildman–Crippen LogP) is 3.25. The average Bonchev–Trinajstić information content (AvgIpc) is 2.59. The van der Waals surface area contributed by atoms with Gasteiger partial charge < -0.3 is 10.1 Å². The number of nitrogens with one attached hydrogen (secondary N) is 1. The van der Waals surface area contributed by atoms with E-state index in [0.29, 0.717) is 11.3 Å². The molecule has 0 fully saturated rings. The molecule has 0 spiro atoms. The van der Waals surface area contributed by atoms with Crippen LogP contribution in [-0.4, -0.2) is 29.2 Å². The molecule has 2 aromatic carbocycles. The monoisotopic (exact) mass is 376 g/mol. The van der Waals surface area contributed by atoms with E-state index in [1.54, 1.807) is 24.3 Å². The van der Waals surface area contributed by atoms with Crippen molar-refractivity contribution < 1.29 is 24.0 Å². The van der Waals surface area contributed by atoms with Crippen LogP contribution in [0, 0.1) is 10.1 Å². The van der Waals surface area contributed by atoms with Crippen molar-refractivity contribution in [1.82, 2.24) is 0 Å². The largest absolute Gasteiger partial charge is 0.452 e. The van der Waals surface area contributed by atoms with E-state index in [1.165, 1.54) is 6.92 Å². The summed E-state index contributed by atoms with van der Waals surface area (Å²) in [7, 11) is 0. The second-order valence-corrected chi connectivity index (χ2v) is 5.55. The summed E-state index contributed by atoms with van der Waals surface area (Å²) in [6, 6.07) is 9.66. The van der Waals surface area contributed by atoms with E-state index in [-0.39, 0.29) is 22.1 Å². The lowest BCUT2D eigenvalue weighted by atomic mass is 10.1. The molecule has 0 aliphatic carbocycles.